The molecular weight excluding hydrogens is 595 g/mol. The normalized spacial score (nSPS) is 13.6. The minimum absolute atomic E-state index is 0.0358. The van der Waals surface area contributed by atoms with Gasteiger partial charge >= 0.3 is 0 Å². The van der Waals surface area contributed by atoms with E-state index in [4.69, 9.17) is 9.26 Å². The lowest BCUT2D eigenvalue weighted by Gasteiger charge is -2.21. The third-order valence-corrected chi connectivity index (χ3v) is 6.42. The molecule has 0 spiro atoms. The number of fused-ring (bicyclic) bond motifs is 1. The summed E-state index contributed by atoms with van der Waals surface area (Å²) < 4.78 is 11.2. The number of benzene rings is 2. The van der Waals surface area contributed by atoms with Crippen molar-refractivity contribution in [1.29, 1.82) is 5.26 Å². The van der Waals surface area contributed by atoms with Gasteiger partial charge in [-0.2, -0.15) is 10.2 Å². The lowest BCUT2D eigenvalue weighted by molar-refractivity contribution is -0.131. The van der Waals surface area contributed by atoms with Gasteiger partial charge in [0.1, 0.15) is 11.8 Å². The highest BCUT2D eigenvalue weighted by molar-refractivity contribution is 14.1. The van der Waals surface area contributed by atoms with Crippen molar-refractivity contribution in [1.82, 2.24) is 15.0 Å². The van der Waals surface area contributed by atoms with E-state index >= 15 is 0 Å². The van der Waals surface area contributed by atoms with Crippen LogP contribution in [0.5, 0.6) is 5.75 Å². The predicted octanol–water partition coefficient (Wildman–Crippen LogP) is 5.45. The highest BCUT2D eigenvalue weighted by Gasteiger charge is 2.20. The van der Waals surface area contributed by atoms with E-state index in [1.807, 2.05) is 36.7 Å². The predicted molar refractivity (Wildman–Crippen MR) is 155 cm³/mol. The molecule has 3 aromatic rings. The molecule has 0 saturated heterocycles. The third kappa shape index (κ3) is 7.54. The van der Waals surface area contributed by atoms with Crippen LogP contribution in [0.25, 0.3) is 22.8 Å². The zero-order valence-electron chi connectivity index (χ0n) is 22.4. The van der Waals surface area contributed by atoms with Crippen molar-refractivity contribution in [2.24, 2.45) is 5.92 Å². The first-order valence-corrected chi connectivity index (χ1v) is 15.0. The van der Waals surface area contributed by atoms with Crippen molar-refractivity contribution in [3.05, 3.63) is 53.1 Å². The summed E-state index contributed by atoms with van der Waals surface area (Å²) in [6, 6.07) is 13.5. The number of amides is 1. The van der Waals surface area contributed by atoms with Crippen LogP contribution in [0.15, 0.2) is 40.9 Å². The van der Waals surface area contributed by atoms with E-state index in [-0.39, 0.29) is 24.5 Å². The van der Waals surface area contributed by atoms with Crippen molar-refractivity contribution >= 4 is 28.5 Å². The van der Waals surface area contributed by atoms with Gasteiger partial charge in [-0.1, -0.05) is 46.8 Å². The Morgan fingerprint density at radius 3 is 2.53 bits per heavy atom. The fourth-order valence-corrected chi connectivity index (χ4v) is 4.30. The van der Waals surface area contributed by atoms with Gasteiger partial charge < -0.3 is 19.3 Å². The van der Waals surface area contributed by atoms with Crippen LogP contribution in [0.4, 0.5) is 0 Å². The molecular formula is C29H35IN4O4. The number of aromatic nitrogens is 2. The highest BCUT2D eigenvalue weighted by atomic mass is 127. The average molecular weight is 631 g/mol. The highest BCUT2D eigenvalue weighted by Crippen LogP contribution is 2.29. The summed E-state index contributed by atoms with van der Waals surface area (Å²) in [7, 11) is 0. The van der Waals surface area contributed by atoms with E-state index in [2.05, 4.69) is 50.9 Å². The van der Waals surface area contributed by atoms with Gasteiger partial charge in [0.2, 0.25) is 11.7 Å². The van der Waals surface area contributed by atoms with Crippen LogP contribution in [-0.2, 0) is 17.6 Å². The third-order valence-electron chi connectivity index (χ3n) is 6.42. The average Bonchev–Trinajstić information content (AvgIpc) is 3.33. The molecule has 0 unspecified atom stereocenters. The number of aliphatic hydroxyl groups is 1. The van der Waals surface area contributed by atoms with Crippen LogP contribution in [0.3, 0.4) is 0 Å². The Labute approximate surface area is 238 Å². The zero-order chi connectivity index (χ0) is 27.7. The SMILES string of the molecule is CC(C)Oc1ccc(-c2nc(-c3ccc4c(c3)CCN(C(=O)CC[C@@H](C)CO)CC4)no2)cc1C#N.CI. The van der Waals surface area contributed by atoms with Gasteiger partial charge in [-0.15, -0.1) is 0 Å². The van der Waals surface area contributed by atoms with Crippen LogP contribution >= 0.6 is 22.6 Å². The van der Waals surface area contributed by atoms with Crippen molar-refractivity contribution in [3.8, 4) is 34.7 Å². The molecule has 0 saturated carbocycles. The number of carbonyl (C=O) groups is 1. The minimum atomic E-state index is -0.0358. The molecule has 1 amide bonds. The summed E-state index contributed by atoms with van der Waals surface area (Å²) in [6.45, 7) is 7.25. The number of rotatable bonds is 8. The molecule has 0 radical (unpaired) electrons. The second kappa shape index (κ2) is 14.3. The fourth-order valence-electron chi connectivity index (χ4n) is 4.30. The Kier molecular flexibility index (Phi) is 11.1. The second-order valence-electron chi connectivity index (χ2n) is 9.60. The summed E-state index contributed by atoms with van der Waals surface area (Å²) in [4.78, 5) is 21.1. The maximum Gasteiger partial charge on any atom is 0.258 e. The van der Waals surface area contributed by atoms with Crippen LogP contribution in [0.2, 0.25) is 0 Å². The molecule has 0 aliphatic carbocycles. The van der Waals surface area contributed by atoms with E-state index < -0.39 is 0 Å². The van der Waals surface area contributed by atoms with Crippen molar-refractivity contribution in [2.45, 2.75) is 52.6 Å². The van der Waals surface area contributed by atoms with E-state index in [0.717, 1.165) is 18.4 Å². The van der Waals surface area contributed by atoms with Crippen molar-refractivity contribution < 1.29 is 19.2 Å². The number of aliphatic hydroxyl groups excluding tert-OH is 1. The molecule has 2 heterocycles. The van der Waals surface area contributed by atoms with Gasteiger partial charge in [0.05, 0.1) is 11.7 Å². The molecule has 202 valence electrons. The molecule has 1 atom stereocenters. The van der Waals surface area contributed by atoms with Gasteiger partial charge in [-0.3, -0.25) is 4.79 Å². The first-order valence-electron chi connectivity index (χ1n) is 12.8. The number of alkyl halides is 1. The molecule has 0 bridgehead atoms. The molecule has 1 aliphatic rings. The van der Waals surface area contributed by atoms with Gasteiger partial charge in [-0.25, -0.2) is 0 Å². The number of hydrogen-bond donors (Lipinski definition) is 1. The quantitative estimate of drug-likeness (QED) is 0.260. The van der Waals surface area contributed by atoms with Gasteiger partial charge in [0, 0.05) is 37.2 Å². The number of halogens is 1. The molecule has 38 heavy (non-hydrogen) atoms. The van der Waals surface area contributed by atoms with Crippen LogP contribution in [0.1, 0.15) is 50.3 Å². The standard InChI is InChI=1S/C28H32N4O4.CH3I/c1-18(2)35-25-8-7-23(15-24(25)16-29)28-30-27(31-36-28)22-6-5-20-10-12-32(13-11-21(20)14-22)26(34)9-4-19(3)17-33;1-2/h5-8,14-15,18-19,33H,4,9-13,17H2,1-3H3;1H3/t19-;/m1./s1. The number of nitriles is 1. The van der Waals surface area contributed by atoms with Gasteiger partial charge in [0.25, 0.3) is 5.89 Å². The number of carbonyl (C=O) groups excluding carboxylic acids is 1. The number of ether oxygens (including phenoxy) is 1. The van der Waals surface area contributed by atoms with E-state index in [0.29, 0.717) is 54.5 Å². The molecule has 1 aromatic heterocycles. The van der Waals surface area contributed by atoms with Crippen molar-refractivity contribution in [3.63, 3.8) is 0 Å². The van der Waals surface area contributed by atoms with E-state index in [9.17, 15) is 15.2 Å². The van der Waals surface area contributed by atoms with Crippen LogP contribution in [0, 0.1) is 17.2 Å². The number of hydrogen-bond acceptors (Lipinski definition) is 7. The molecule has 0 fully saturated rings. The maximum atomic E-state index is 12.7. The monoisotopic (exact) mass is 630 g/mol. The summed E-state index contributed by atoms with van der Waals surface area (Å²) in [5, 5.41) is 22.9. The van der Waals surface area contributed by atoms with Gasteiger partial charge in [-0.05, 0) is 79.4 Å². The summed E-state index contributed by atoms with van der Waals surface area (Å²) >= 11 is 2.15. The molecule has 1 N–H and O–H groups in total. The number of nitrogens with zero attached hydrogens (tertiary/aromatic N) is 4. The lowest BCUT2D eigenvalue weighted by Crippen LogP contribution is -2.33. The molecule has 4 rings (SSSR count). The Morgan fingerprint density at radius 1 is 1.13 bits per heavy atom. The molecule has 2 aromatic carbocycles. The molecule has 1 aliphatic heterocycles. The zero-order valence-corrected chi connectivity index (χ0v) is 24.6. The largest absolute Gasteiger partial charge is 0.490 e. The Balaban J connectivity index is 0.00000195. The molecule has 8 nitrogen and oxygen atoms in total. The molecule has 9 heteroatoms. The first kappa shape index (κ1) is 29.6. The van der Waals surface area contributed by atoms with Crippen molar-refractivity contribution in [2.75, 3.05) is 24.6 Å². The van der Waals surface area contributed by atoms with Crippen LogP contribution < -0.4 is 4.74 Å². The fraction of sp³-hybridized carbons (Fsp3) is 0.448. The van der Waals surface area contributed by atoms with Crippen LogP contribution in [-0.4, -0.2) is 56.8 Å². The second-order valence-corrected chi connectivity index (χ2v) is 9.60. The summed E-state index contributed by atoms with van der Waals surface area (Å²) in [6.07, 6.45) is 2.69. The topological polar surface area (TPSA) is 112 Å². The van der Waals surface area contributed by atoms with E-state index in [1.54, 1.807) is 18.2 Å². The Hall–Kier alpha value is -2.97. The Morgan fingerprint density at radius 2 is 1.84 bits per heavy atom. The summed E-state index contributed by atoms with van der Waals surface area (Å²) in [5.74, 6) is 1.62. The Bertz CT molecular complexity index is 1270. The minimum Gasteiger partial charge on any atom is -0.490 e. The summed E-state index contributed by atoms with van der Waals surface area (Å²) in [5.41, 5.74) is 4.32. The maximum absolute atomic E-state index is 12.7. The van der Waals surface area contributed by atoms with Gasteiger partial charge in [0.15, 0.2) is 0 Å². The lowest BCUT2D eigenvalue weighted by atomic mass is 10.00. The van der Waals surface area contributed by atoms with E-state index in [1.165, 1.54) is 11.1 Å². The first-order chi connectivity index (χ1) is 18.4. The smallest absolute Gasteiger partial charge is 0.258 e.